The van der Waals surface area contributed by atoms with Crippen LogP contribution in [-0.2, 0) is 0 Å². The van der Waals surface area contributed by atoms with E-state index in [0.717, 1.165) is 56.6 Å². The first-order valence-corrected chi connectivity index (χ1v) is 11.3. The Morgan fingerprint density at radius 3 is 2.55 bits per heavy atom. The van der Waals surface area contributed by atoms with Crippen LogP contribution in [-0.4, -0.2) is 67.4 Å². The molecular weight excluding hydrogens is 386 g/mol. The lowest BCUT2D eigenvalue weighted by Gasteiger charge is -2.35. The van der Waals surface area contributed by atoms with Crippen LogP contribution in [0.2, 0.25) is 0 Å². The van der Waals surface area contributed by atoms with E-state index in [2.05, 4.69) is 53.3 Å². The summed E-state index contributed by atoms with van der Waals surface area (Å²) in [5.74, 6) is 0.822. The standard InChI is InChI=1S/C26H33N3O2/c1-26(19-27)11-15-29(16-12-26)17-21(30)18-31-25-8-7-22(20-9-13-28(2)14-10-20)23-5-3-4-6-24(23)25/h3-9,21,30H,10-18H2,1-2H3. The quantitative estimate of drug-likeness (QED) is 0.769. The molecule has 2 aromatic carbocycles. The second-order valence-electron chi connectivity index (χ2n) is 9.34. The molecule has 1 N–H and O–H groups in total. The second kappa shape index (κ2) is 9.40. The molecule has 0 aliphatic carbocycles. The van der Waals surface area contributed by atoms with Gasteiger partial charge in [-0.25, -0.2) is 0 Å². The van der Waals surface area contributed by atoms with Gasteiger partial charge in [0.25, 0.3) is 0 Å². The van der Waals surface area contributed by atoms with Crippen LogP contribution >= 0.6 is 0 Å². The molecule has 31 heavy (non-hydrogen) atoms. The van der Waals surface area contributed by atoms with Crippen LogP contribution in [0.3, 0.4) is 0 Å². The van der Waals surface area contributed by atoms with E-state index >= 15 is 0 Å². The van der Waals surface area contributed by atoms with Crippen LogP contribution in [0, 0.1) is 16.7 Å². The molecule has 0 radical (unpaired) electrons. The minimum absolute atomic E-state index is 0.220. The van der Waals surface area contributed by atoms with Gasteiger partial charge in [0.05, 0.1) is 11.5 Å². The van der Waals surface area contributed by atoms with Crippen molar-refractivity contribution in [3.8, 4) is 11.8 Å². The Morgan fingerprint density at radius 2 is 1.87 bits per heavy atom. The maximum Gasteiger partial charge on any atom is 0.127 e. The van der Waals surface area contributed by atoms with E-state index in [4.69, 9.17) is 4.74 Å². The van der Waals surface area contributed by atoms with E-state index in [9.17, 15) is 10.4 Å². The molecule has 164 valence electrons. The van der Waals surface area contributed by atoms with Crippen LogP contribution in [0.4, 0.5) is 0 Å². The summed E-state index contributed by atoms with van der Waals surface area (Å²) in [6, 6.07) is 15.0. The van der Waals surface area contributed by atoms with E-state index in [1.165, 1.54) is 16.5 Å². The number of β-amino-alcohol motifs (C(OH)–C–C–N with tert-alkyl or cyclic N) is 1. The van der Waals surface area contributed by atoms with E-state index in [0.29, 0.717) is 6.54 Å². The van der Waals surface area contributed by atoms with Gasteiger partial charge in [0.1, 0.15) is 18.5 Å². The molecule has 2 aromatic rings. The molecule has 5 heteroatoms. The Kier molecular flexibility index (Phi) is 6.62. The van der Waals surface area contributed by atoms with E-state index in [1.807, 2.05) is 19.1 Å². The highest BCUT2D eigenvalue weighted by molar-refractivity contribution is 5.97. The average molecular weight is 420 g/mol. The third-order valence-electron chi connectivity index (χ3n) is 6.77. The number of likely N-dealkylation sites (N-methyl/N-ethyl adjacent to an activating group) is 1. The minimum Gasteiger partial charge on any atom is -0.490 e. The molecule has 1 unspecified atom stereocenters. The molecule has 1 saturated heterocycles. The number of hydrogen-bond donors (Lipinski definition) is 1. The molecule has 0 aromatic heterocycles. The zero-order chi connectivity index (χ0) is 21.8. The fourth-order valence-electron chi connectivity index (χ4n) is 4.57. The van der Waals surface area contributed by atoms with Crippen molar-refractivity contribution in [3.63, 3.8) is 0 Å². The van der Waals surface area contributed by atoms with Gasteiger partial charge < -0.3 is 19.6 Å². The molecule has 0 bridgehead atoms. The van der Waals surface area contributed by atoms with Crippen LogP contribution in [0.5, 0.6) is 5.75 Å². The van der Waals surface area contributed by atoms with Crippen LogP contribution in [0.25, 0.3) is 16.3 Å². The number of hydrogen-bond acceptors (Lipinski definition) is 5. The van der Waals surface area contributed by atoms with Gasteiger partial charge in [-0.15, -0.1) is 0 Å². The van der Waals surface area contributed by atoms with Gasteiger partial charge in [-0.2, -0.15) is 5.26 Å². The topological polar surface area (TPSA) is 59.7 Å². The summed E-state index contributed by atoms with van der Waals surface area (Å²) in [4.78, 5) is 4.56. The number of piperidine rings is 1. The summed E-state index contributed by atoms with van der Waals surface area (Å²) >= 11 is 0. The number of aliphatic hydroxyl groups excluding tert-OH is 1. The molecule has 2 heterocycles. The highest BCUT2D eigenvalue weighted by Crippen LogP contribution is 2.34. The first-order chi connectivity index (χ1) is 15.0. The molecular formula is C26H33N3O2. The number of nitrogens with zero attached hydrogens (tertiary/aromatic N) is 3. The van der Waals surface area contributed by atoms with Crippen molar-refractivity contribution in [3.05, 3.63) is 48.0 Å². The predicted molar refractivity (Wildman–Crippen MR) is 125 cm³/mol. The van der Waals surface area contributed by atoms with Crippen molar-refractivity contribution < 1.29 is 9.84 Å². The zero-order valence-electron chi connectivity index (χ0n) is 18.7. The second-order valence-corrected chi connectivity index (χ2v) is 9.34. The highest BCUT2D eigenvalue weighted by atomic mass is 16.5. The summed E-state index contributed by atoms with van der Waals surface area (Å²) in [6.07, 6.45) is 4.54. The van der Waals surface area contributed by atoms with Gasteiger partial charge in [0.15, 0.2) is 0 Å². The van der Waals surface area contributed by atoms with Crippen molar-refractivity contribution in [2.45, 2.75) is 32.3 Å². The van der Waals surface area contributed by atoms with Crippen LogP contribution < -0.4 is 4.74 Å². The van der Waals surface area contributed by atoms with Crippen molar-refractivity contribution in [2.24, 2.45) is 5.41 Å². The average Bonchev–Trinajstić information content (AvgIpc) is 2.80. The third-order valence-corrected chi connectivity index (χ3v) is 6.77. The summed E-state index contributed by atoms with van der Waals surface area (Å²) in [5, 5.41) is 22.1. The Hall–Kier alpha value is -2.39. The van der Waals surface area contributed by atoms with Crippen LogP contribution in [0.1, 0.15) is 31.7 Å². The molecule has 2 aliphatic heterocycles. The number of ether oxygens (including phenoxy) is 1. The maximum absolute atomic E-state index is 10.6. The van der Waals surface area contributed by atoms with Crippen molar-refractivity contribution in [1.82, 2.24) is 9.80 Å². The van der Waals surface area contributed by atoms with Gasteiger partial charge in [-0.3, -0.25) is 0 Å². The Labute approximate surface area is 185 Å². The van der Waals surface area contributed by atoms with Gasteiger partial charge in [-0.1, -0.05) is 36.4 Å². The molecule has 0 spiro atoms. The number of fused-ring (bicyclic) bond motifs is 1. The van der Waals surface area contributed by atoms with E-state index in [-0.39, 0.29) is 12.0 Å². The first kappa shape index (κ1) is 21.8. The molecule has 0 saturated carbocycles. The van der Waals surface area contributed by atoms with E-state index in [1.54, 1.807) is 0 Å². The van der Waals surface area contributed by atoms with Gasteiger partial charge in [0.2, 0.25) is 0 Å². The summed E-state index contributed by atoms with van der Waals surface area (Å²) < 4.78 is 6.09. The normalized spacial score (nSPS) is 20.8. The first-order valence-electron chi connectivity index (χ1n) is 11.3. The maximum atomic E-state index is 10.6. The SMILES string of the molecule is CN1CC=C(c2ccc(OCC(O)CN3CCC(C)(C#N)CC3)c3ccccc23)CC1. The number of nitriles is 1. The highest BCUT2D eigenvalue weighted by Gasteiger charge is 2.30. The van der Waals surface area contributed by atoms with Crippen molar-refractivity contribution in [2.75, 3.05) is 46.4 Å². The number of rotatable bonds is 6. The number of likely N-dealkylation sites (tertiary alicyclic amines) is 1. The fraction of sp³-hybridized carbons (Fsp3) is 0.500. The zero-order valence-corrected chi connectivity index (χ0v) is 18.7. The number of aliphatic hydroxyl groups is 1. The molecule has 2 aliphatic rings. The minimum atomic E-state index is -0.554. The molecule has 5 nitrogen and oxygen atoms in total. The van der Waals surface area contributed by atoms with Crippen LogP contribution in [0.15, 0.2) is 42.5 Å². The number of benzene rings is 2. The largest absolute Gasteiger partial charge is 0.490 e. The Balaban J connectivity index is 1.41. The smallest absolute Gasteiger partial charge is 0.127 e. The third kappa shape index (κ3) is 5.10. The fourth-order valence-corrected chi connectivity index (χ4v) is 4.57. The van der Waals surface area contributed by atoms with Gasteiger partial charge in [-0.05, 0) is 68.9 Å². The Morgan fingerprint density at radius 1 is 1.13 bits per heavy atom. The predicted octanol–water partition coefficient (Wildman–Crippen LogP) is 3.92. The van der Waals surface area contributed by atoms with E-state index < -0.39 is 6.10 Å². The molecule has 4 rings (SSSR count). The van der Waals surface area contributed by atoms with Crippen molar-refractivity contribution >= 4 is 16.3 Å². The summed E-state index contributed by atoms with van der Waals surface area (Å²) in [5.41, 5.74) is 2.46. The lowest BCUT2D eigenvalue weighted by molar-refractivity contribution is 0.0500. The molecule has 0 amide bonds. The van der Waals surface area contributed by atoms with Gasteiger partial charge >= 0.3 is 0 Å². The molecule has 1 atom stereocenters. The lowest BCUT2D eigenvalue weighted by Crippen LogP contribution is -2.43. The Bertz CT molecular complexity index is 986. The monoisotopic (exact) mass is 419 g/mol. The van der Waals surface area contributed by atoms with Crippen molar-refractivity contribution in [1.29, 1.82) is 5.26 Å². The lowest BCUT2D eigenvalue weighted by atomic mass is 9.82. The summed E-state index contributed by atoms with van der Waals surface area (Å²) in [7, 11) is 2.15. The molecule has 1 fully saturated rings. The summed E-state index contributed by atoms with van der Waals surface area (Å²) in [6.45, 7) is 6.64. The van der Waals surface area contributed by atoms with Gasteiger partial charge in [0, 0.05) is 25.0 Å².